The van der Waals surface area contributed by atoms with Gasteiger partial charge in [0.25, 0.3) is 0 Å². The van der Waals surface area contributed by atoms with Gasteiger partial charge in [-0.05, 0) is 45.1 Å². The number of unbranched alkanes of at least 4 members (excludes halogenated alkanes) is 1. The first-order chi connectivity index (χ1) is 9.08. The molecule has 102 valence electrons. The van der Waals surface area contributed by atoms with Crippen molar-refractivity contribution in [3.8, 4) is 6.07 Å². The van der Waals surface area contributed by atoms with Crippen LogP contribution >= 0.6 is 0 Å². The molecule has 0 aromatic heterocycles. The summed E-state index contributed by atoms with van der Waals surface area (Å²) in [5.74, 6) is -0.0475. The number of nitrogens with zero attached hydrogens (tertiary/aromatic N) is 2. The average molecular weight is 259 g/mol. The molecule has 0 fully saturated rings. The van der Waals surface area contributed by atoms with Crippen LogP contribution in [0.15, 0.2) is 24.3 Å². The molecule has 0 radical (unpaired) electrons. The summed E-state index contributed by atoms with van der Waals surface area (Å²) in [5.41, 5.74) is 1.21. The quantitative estimate of drug-likeness (QED) is 0.854. The van der Waals surface area contributed by atoms with Crippen LogP contribution in [0.4, 0.5) is 5.69 Å². The molecule has 0 unspecified atom stereocenters. The van der Waals surface area contributed by atoms with Gasteiger partial charge in [-0.2, -0.15) is 5.26 Å². The Balaban J connectivity index is 2.60. The van der Waals surface area contributed by atoms with Crippen LogP contribution in [-0.4, -0.2) is 30.4 Å². The van der Waals surface area contributed by atoms with Gasteiger partial charge in [0.15, 0.2) is 0 Å². The summed E-state index contributed by atoms with van der Waals surface area (Å²) in [4.78, 5) is 14.1. The number of benzene rings is 1. The first kappa shape index (κ1) is 15.2. The van der Waals surface area contributed by atoms with E-state index < -0.39 is 0 Å². The van der Waals surface area contributed by atoms with Gasteiger partial charge in [-0.25, -0.2) is 0 Å². The van der Waals surface area contributed by atoms with Crippen LogP contribution in [-0.2, 0) is 4.79 Å². The Bertz CT molecular complexity index is 465. The number of carbonyl (C=O) groups excluding carboxylic acids is 1. The van der Waals surface area contributed by atoms with E-state index in [4.69, 9.17) is 5.26 Å². The minimum absolute atomic E-state index is 0.0475. The zero-order valence-electron chi connectivity index (χ0n) is 11.8. The van der Waals surface area contributed by atoms with Crippen LogP contribution in [0.25, 0.3) is 0 Å². The number of anilines is 1. The number of carbonyl (C=O) groups is 1. The number of nitrogens with one attached hydrogen (secondary N) is 1. The molecular formula is C15H21N3O. The summed E-state index contributed by atoms with van der Waals surface area (Å²) in [6.07, 6.45) is 2.20. The zero-order chi connectivity index (χ0) is 14.3. The molecule has 1 aromatic rings. The Labute approximate surface area is 115 Å². The highest BCUT2D eigenvalue weighted by Gasteiger charge is 2.17. The molecule has 0 heterocycles. The van der Waals surface area contributed by atoms with Crippen molar-refractivity contribution in [2.24, 2.45) is 0 Å². The average Bonchev–Trinajstić information content (AvgIpc) is 2.43. The SMILES string of the molecule is CCCCN(C)[C@@H](C)C(=O)Nc1cccc(C#N)c1. The van der Waals surface area contributed by atoms with E-state index >= 15 is 0 Å². The minimum Gasteiger partial charge on any atom is -0.325 e. The van der Waals surface area contributed by atoms with Crippen molar-refractivity contribution in [3.63, 3.8) is 0 Å². The van der Waals surface area contributed by atoms with Gasteiger partial charge in [0, 0.05) is 5.69 Å². The van der Waals surface area contributed by atoms with Crippen molar-refractivity contribution in [3.05, 3.63) is 29.8 Å². The van der Waals surface area contributed by atoms with Gasteiger partial charge in [0.2, 0.25) is 5.91 Å². The standard InChI is InChI=1S/C15H21N3O/c1-4-5-9-18(3)12(2)15(19)17-14-8-6-7-13(10-14)11-16/h6-8,10,12H,4-5,9H2,1-3H3,(H,17,19)/t12-/m0/s1. The lowest BCUT2D eigenvalue weighted by atomic mass is 10.2. The molecule has 0 spiro atoms. The molecule has 1 rings (SSSR count). The molecule has 0 saturated carbocycles. The van der Waals surface area contributed by atoms with Gasteiger partial charge in [0.1, 0.15) is 0 Å². The van der Waals surface area contributed by atoms with Crippen LogP contribution < -0.4 is 5.32 Å². The molecule has 1 amide bonds. The third-order valence-electron chi connectivity index (χ3n) is 3.16. The predicted molar refractivity (Wildman–Crippen MR) is 76.8 cm³/mol. The van der Waals surface area contributed by atoms with Crippen molar-refractivity contribution in [2.45, 2.75) is 32.7 Å². The lowest BCUT2D eigenvalue weighted by Gasteiger charge is -2.23. The molecule has 4 heteroatoms. The van der Waals surface area contributed by atoms with Crippen molar-refractivity contribution in [1.82, 2.24) is 4.90 Å². The molecule has 1 aromatic carbocycles. The largest absolute Gasteiger partial charge is 0.325 e. The van der Waals surface area contributed by atoms with E-state index in [0.29, 0.717) is 11.3 Å². The third kappa shape index (κ3) is 4.72. The van der Waals surface area contributed by atoms with E-state index in [1.807, 2.05) is 18.9 Å². The fourth-order valence-electron chi connectivity index (χ4n) is 1.71. The van der Waals surface area contributed by atoms with Crippen molar-refractivity contribution >= 4 is 11.6 Å². The van der Waals surface area contributed by atoms with E-state index in [1.165, 1.54) is 0 Å². The monoisotopic (exact) mass is 259 g/mol. The number of hydrogen-bond donors (Lipinski definition) is 1. The lowest BCUT2D eigenvalue weighted by Crippen LogP contribution is -2.40. The molecule has 0 aliphatic heterocycles. The van der Waals surface area contributed by atoms with Gasteiger partial charge in [-0.3, -0.25) is 9.69 Å². The van der Waals surface area contributed by atoms with Gasteiger partial charge >= 0.3 is 0 Å². The Morgan fingerprint density at radius 1 is 1.53 bits per heavy atom. The van der Waals surface area contributed by atoms with Gasteiger partial charge in [-0.1, -0.05) is 19.4 Å². The summed E-state index contributed by atoms with van der Waals surface area (Å²) >= 11 is 0. The Morgan fingerprint density at radius 3 is 2.89 bits per heavy atom. The Morgan fingerprint density at radius 2 is 2.26 bits per heavy atom. The van der Waals surface area contributed by atoms with Crippen LogP contribution in [0, 0.1) is 11.3 Å². The second kappa shape index (κ2) is 7.55. The molecule has 0 aliphatic rings. The molecule has 0 bridgehead atoms. The van der Waals surface area contributed by atoms with Gasteiger partial charge in [0.05, 0.1) is 17.7 Å². The van der Waals surface area contributed by atoms with Gasteiger partial charge < -0.3 is 5.32 Å². The zero-order valence-corrected chi connectivity index (χ0v) is 11.8. The molecule has 4 nitrogen and oxygen atoms in total. The van der Waals surface area contributed by atoms with Crippen molar-refractivity contribution in [2.75, 3.05) is 18.9 Å². The van der Waals surface area contributed by atoms with Crippen molar-refractivity contribution < 1.29 is 4.79 Å². The molecule has 1 N–H and O–H groups in total. The molecule has 0 aliphatic carbocycles. The molecule has 1 atom stereocenters. The maximum absolute atomic E-state index is 12.1. The smallest absolute Gasteiger partial charge is 0.241 e. The minimum atomic E-state index is -0.183. The highest BCUT2D eigenvalue weighted by molar-refractivity contribution is 5.94. The molecule has 19 heavy (non-hydrogen) atoms. The van der Waals surface area contributed by atoms with Crippen molar-refractivity contribution in [1.29, 1.82) is 5.26 Å². The fourth-order valence-corrected chi connectivity index (χ4v) is 1.71. The molecular weight excluding hydrogens is 238 g/mol. The maximum atomic E-state index is 12.1. The fraction of sp³-hybridized carbons (Fsp3) is 0.467. The second-order valence-electron chi connectivity index (χ2n) is 4.69. The first-order valence-corrected chi connectivity index (χ1v) is 6.59. The van der Waals surface area contributed by atoms with Gasteiger partial charge in [-0.15, -0.1) is 0 Å². The summed E-state index contributed by atoms with van der Waals surface area (Å²) in [6.45, 7) is 4.93. The van der Waals surface area contributed by atoms with E-state index in [2.05, 4.69) is 18.3 Å². The number of amides is 1. The number of rotatable bonds is 6. The van der Waals surface area contributed by atoms with E-state index in [9.17, 15) is 4.79 Å². The summed E-state index contributed by atoms with van der Waals surface area (Å²) in [5, 5.41) is 11.7. The van der Waals surface area contributed by atoms with Crippen LogP contribution in [0.1, 0.15) is 32.3 Å². The third-order valence-corrected chi connectivity index (χ3v) is 3.16. The lowest BCUT2D eigenvalue weighted by molar-refractivity contribution is -0.120. The number of likely N-dealkylation sites (N-methyl/N-ethyl adjacent to an activating group) is 1. The first-order valence-electron chi connectivity index (χ1n) is 6.59. The van der Waals surface area contributed by atoms with E-state index in [0.717, 1.165) is 19.4 Å². The van der Waals surface area contributed by atoms with E-state index in [1.54, 1.807) is 24.3 Å². The Kier molecular flexibility index (Phi) is 6.04. The Hall–Kier alpha value is -1.86. The predicted octanol–water partition coefficient (Wildman–Crippen LogP) is 2.62. The van der Waals surface area contributed by atoms with Crippen LogP contribution in [0.3, 0.4) is 0 Å². The maximum Gasteiger partial charge on any atom is 0.241 e. The number of nitriles is 1. The topological polar surface area (TPSA) is 56.1 Å². The highest BCUT2D eigenvalue weighted by atomic mass is 16.2. The highest BCUT2D eigenvalue weighted by Crippen LogP contribution is 2.11. The van der Waals surface area contributed by atoms with Crippen LogP contribution in [0.2, 0.25) is 0 Å². The van der Waals surface area contributed by atoms with Crippen LogP contribution in [0.5, 0.6) is 0 Å². The normalized spacial score (nSPS) is 11.9. The summed E-state index contributed by atoms with van der Waals surface area (Å²) < 4.78 is 0. The summed E-state index contributed by atoms with van der Waals surface area (Å²) in [6, 6.07) is 8.82. The molecule has 0 saturated heterocycles. The second-order valence-corrected chi connectivity index (χ2v) is 4.69. The van der Waals surface area contributed by atoms with E-state index in [-0.39, 0.29) is 11.9 Å². The summed E-state index contributed by atoms with van der Waals surface area (Å²) in [7, 11) is 1.95. The number of hydrogen-bond acceptors (Lipinski definition) is 3.